The fraction of sp³-hybridized carbons (Fsp3) is 0.316. The number of nitrogens with zero attached hydrogens (tertiary/aromatic N) is 3. The molecule has 6 nitrogen and oxygen atoms in total. The number of anilines is 1. The van der Waals surface area contributed by atoms with Gasteiger partial charge in [-0.05, 0) is 36.2 Å². The second kappa shape index (κ2) is 6.93. The molecule has 0 saturated heterocycles. The van der Waals surface area contributed by atoms with Crippen molar-refractivity contribution in [1.29, 1.82) is 0 Å². The molecule has 1 aliphatic heterocycles. The van der Waals surface area contributed by atoms with Gasteiger partial charge in [0, 0.05) is 32.1 Å². The smallest absolute Gasteiger partial charge is 0.264 e. The predicted molar refractivity (Wildman–Crippen MR) is 94.7 cm³/mol. The van der Waals surface area contributed by atoms with Crippen LogP contribution in [-0.2, 0) is 4.79 Å². The normalized spacial score (nSPS) is 14.5. The molecule has 0 radical (unpaired) electrons. The number of aromatic nitrogens is 1. The first kappa shape index (κ1) is 17.0. The van der Waals surface area contributed by atoms with Gasteiger partial charge in [-0.1, -0.05) is 13.0 Å². The first-order chi connectivity index (χ1) is 12.0. The Morgan fingerprint density at radius 3 is 2.88 bits per heavy atom. The molecule has 0 bridgehead atoms. The zero-order valence-corrected chi connectivity index (χ0v) is 14.6. The van der Waals surface area contributed by atoms with Gasteiger partial charge in [-0.15, -0.1) is 0 Å². The zero-order valence-electron chi connectivity index (χ0n) is 14.6. The van der Waals surface area contributed by atoms with Crippen molar-refractivity contribution in [2.24, 2.45) is 0 Å². The Labute approximate surface area is 147 Å². The molecule has 25 heavy (non-hydrogen) atoms. The fourth-order valence-electron chi connectivity index (χ4n) is 3.06. The molecule has 0 N–H and O–H groups in total. The maximum Gasteiger partial charge on any atom is 0.264 e. The van der Waals surface area contributed by atoms with Gasteiger partial charge in [0.2, 0.25) is 0 Å². The van der Waals surface area contributed by atoms with Gasteiger partial charge in [-0.3, -0.25) is 14.6 Å². The molecule has 2 amide bonds. The van der Waals surface area contributed by atoms with Crippen LogP contribution in [-0.4, -0.2) is 42.4 Å². The summed E-state index contributed by atoms with van der Waals surface area (Å²) in [5.41, 5.74) is 2.13. The molecule has 1 aromatic carbocycles. The van der Waals surface area contributed by atoms with Crippen molar-refractivity contribution in [3.63, 3.8) is 0 Å². The van der Waals surface area contributed by atoms with Crippen molar-refractivity contribution in [2.75, 3.05) is 25.6 Å². The van der Waals surface area contributed by atoms with E-state index in [1.54, 1.807) is 49.6 Å². The van der Waals surface area contributed by atoms with Crippen LogP contribution in [0.5, 0.6) is 5.75 Å². The lowest BCUT2D eigenvalue weighted by Gasteiger charge is -2.29. The molecule has 6 heteroatoms. The van der Waals surface area contributed by atoms with E-state index in [2.05, 4.69) is 4.98 Å². The van der Waals surface area contributed by atoms with Gasteiger partial charge in [0.15, 0.2) is 6.61 Å². The van der Waals surface area contributed by atoms with E-state index in [0.29, 0.717) is 17.0 Å². The largest absolute Gasteiger partial charge is 0.482 e. The number of likely N-dealkylation sites (N-methyl/N-ethyl adjacent to an activating group) is 1. The summed E-state index contributed by atoms with van der Waals surface area (Å²) in [5, 5.41) is 0. The molecule has 1 unspecified atom stereocenters. The molecule has 0 saturated carbocycles. The third-order valence-corrected chi connectivity index (χ3v) is 4.54. The molecule has 1 atom stereocenters. The van der Waals surface area contributed by atoms with Gasteiger partial charge in [0.1, 0.15) is 5.75 Å². The Morgan fingerprint density at radius 2 is 2.20 bits per heavy atom. The average molecular weight is 339 g/mol. The number of benzene rings is 1. The summed E-state index contributed by atoms with van der Waals surface area (Å²) in [7, 11) is 3.47. The lowest BCUT2D eigenvalue weighted by molar-refractivity contribution is -0.120. The Balaban J connectivity index is 1.89. The van der Waals surface area contributed by atoms with Crippen molar-refractivity contribution in [3.05, 3.63) is 53.9 Å². The number of pyridine rings is 1. The van der Waals surface area contributed by atoms with Crippen molar-refractivity contribution in [2.45, 2.75) is 19.4 Å². The number of hydrogen-bond donors (Lipinski definition) is 0. The molecule has 2 heterocycles. The van der Waals surface area contributed by atoms with E-state index < -0.39 is 0 Å². The quantitative estimate of drug-likeness (QED) is 0.859. The van der Waals surface area contributed by atoms with Crippen LogP contribution in [0.4, 0.5) is 5.69 Å². The summed E-state index contributed by atoms with van der Waals surface area (Å²) in [4.78, 5) is 32.1. The van der Waals surface area contributed by atoms with Crippen molar-refractivity contribution in [3.8, 4) is 5.75 Å². The van der Waals surface area contributed by atoms with E-state index in [4.69, 9.17) is 4.74 Å². The minimum absolute atomic E-state index is 0.0234. The highest BCUT2D eigenvalue weighted by atomic mass is 16.5. The van der Waals surface area contributed by atoms with Gasteiger partial charge in [-0.2, -0.15) is 0 Å². The van der Waals surface area contributed by atoms with Crippen molar-refractivity contribution in [1.82, 2.24) is 9.88 Å². The number of carbonyl (C=O) groups is 2. The van der Waals surface area contributed by atoms with E-state index in [0.717, 1.165) is 12.0 Å². The van der Waals surface area contributed by atoms with Crippen molar-refractivity contribution < 1.29 is 14.3 Å². The van der Waals surface area contributed by atoms with Gasteiger partial charge in [-0.25, -0.2) is 0 Å². The molecule has 1 aliphatic rings. The molecule has 2 aromatic rings. The van der Waals surface area contributed by atoms with Crippen LogP contribution in [0, 0.1) is 0 Å². The third-order valence-electron chi connectivity index (χ3n) is 4.54. The van der Waals surface area contributed by atoms with Crippen LogP contribution in [0.25, 0.3) is 0 Å². The molecule has 1 aromatic heterocycles. The van der Waals surface area contributed by atoms with Crippen LogP contribution in [0.3, 0.4) is 0 Å². The maximum absolute atomic E-state index is 13.0. The van der Waals surface area contributed by atoms with Crippen LogP contribution >= 0.6 is 0 Å². The molecular formula is C19H21N3O3. The summed E-state index contributed by atoms with van der Waals surface area (Å²) in [6.45, 7) is 2.06. The molecule has 0 aliphatic carbocycles. The lowest BCUT2D eigenvalue weighted by Crippen LogP contribution is -2.36. The van der Waals surface area contributed by atoms with E-state index >= 15 is 0 Å². The first-order valence-corrected chi connectivity index (χ1v) is 8.23. The molecule has 0 spiro atoms. The van der Waals surface area contributed by atoms with Crippen molar-refractivity contribution >= 4 is 17.5 Å². The molecule has 0 fully saturated rings. The zero-order chi connectivity index (χ0) is 18.0. The summed E-state index contributed by atoms with van der Waals surface area (Å²) < 4.78 is 5.41. The maximum atomic E-state index is 13.0. The second-order valence-electron chi connectivity index (χ2n) is 6.05. The predicted octanol–water partition coefficient (Wildman–Crippen LogP) is 2.66. The summed E-state index contributed by atoms with van der Waals surface area (Å²) in [6, 6.07) is 8.96. The van der Waals surface area contributed by atoms with Crippen LogP contribution in [0.2, 0.25) is 0 Å². The van der Waals surface area contributed by atoms with Crippen LogP contribution in [0.15, 0.2) is 42.7 Å². The SMILES string of the molecule is CCC(c1cccnc1)N(C)C(=O)c1ccc2c(c1)N(C)C(=O)CO2. The number of hydrogen-bond acceptors (Lipinski definition) is 4. The monoisotopic (exact) mass is 339 g/mol. The van der Waals surface area contributed by atoms with Crippen LogP contribution in [0.1, 0.15) is 35.3 Å². The Kier molecular flexibility index (Phi) is 4.70. The van der Waals surface area contributed by atoms with Gasteiger partial charge in [0.25, 0.3) is 11.8 Å². The van der Waals surface area contributed by atoms with E-state index in [1.807, 2.05) is 19.1 Å². The minimum Gasteiger partial charge on any atom is -0.482 e. The average Bonchev–Trinajstić information content (AvgIpc) is 2.65. The van der Waals surface area contributed by atoms with Crippen LogP contribution < -0.4 is 9.64 Å². The number of amides is 2. The lowest BCUT2D eigenvalue weighted by atomic mass is 10.0. The Morgan fingerprint density at radius 1 is 1.40 bits per heavy atom. The Hall–Kier alpha value is -2.89. The van der Waals surface area contributed by atoms with E-state index in [-0.39, 0.29) is 24.5 Å². The van der Waals surface area contributed by atoms with Gasteiger partial charge in [0.05, 0.1) is 11.7 Å². The highest BCUT2D eigenvalue weighted by Gasteiger charge is 2.26. The number of rotatable bonds is 4. The minimum atomic E-state index is -0.132. The highest BCUT2D eigenvalue weighted by Crippen LogP contribution is 2.33. The molecular weight excluding hydrogens is 318 g/mol. The van der Waals surface area contributed by atoms with E-state index in [9.17, 15) is 9.59 Å². The summed E-state index contributed by atoms with van der Waals surface area (Å²) in [6.07, 6.45) is 4.28. The van der Waals surface area contributed by atoms with E-state index in [1.165, 1.54) is 4.90 Å². The summed E-state index contributed by atoms with van der Waals surface area (Å²) in [5.74, 6) is 0.373. The standard InChI is InChI=1S/C19H21N3O3/c1-4-15(14-6-5-9-20-11-14)22(3)19(24)13-7-8-17-16(10-13)21(2)18(23)12-25-17/h5-11,15H,4,12H2,1-3H3. The number of fused-ring (bicyclic) bond motifs is 1. The second-order valence-corrected chi connectivity index (χ2v) is 6.05. The molecule has 3 rings (SSSR count). The Bertz CT molecular complexity index is 792. The van der Waals surface area contributed by atoms with Gasteiger partial charge >= 0.3 is 0 Å². The number of ether oxygens (including phenoxy) is 1. The summed E-state index contributed by atoms with van der Waals surface area (Å²) >= 11 is 0. The number of carbonyl (C=O) groups excluding carboxylic acids is 2. The highest BCUT2D eigenvalue weighted by molar-refractivity contribution is 6.01. The topological polar surface area (TPSA) is 62.7 Å². The van der Waals surface area contributed by atoms with Gasteiger partial charge < -0.3 is 14.5 Å². The fourth-order valence-corrected chi connectivity index (χ4v) is 3.06. The first-order valence-electron chi connectivity index (χ1n) is 8.23. The molecule has 130 valence electrons. The third kappa shape index (κ3) is 3.20.